The van der Waals surface area contributed by atoms with Gasteiger partial charge in [0.05, 0.1) is 28.9 Å². The summed E-state index contributed by atoms with van der Waals surface area (Å²) < 4.78 is 6.00. The van der Waals surface area contributed by atoms with Crippen molar-refractivity contribution in [1.29, 1.82) is 0 Å². The zero-order valence-corrected chi connectivity index (χ0v) is 19.9. The molecule has 1 heterocycles. The van der Waals surface area contributed by atoms with E-state index in [-0.39, 0.29) is 24.2 Å². The topological polar surface area (TPSA) is 79.0 Å². The fourth-order valence-corrected chi connectivity index (χ4v) is 4.29. The van der Waals surface area contributed by atoms with Crippen LogP contribution in [0.3, 0.4) is 0 Å². The van der Waals surface area contributed by atoms with Gasteiger partial charge in [0, 0.05) is 19.5 Å². The van der Waals surface area contributed by atoms with Crippen molar-refractivity contribution >= 4 is 39.7 Å². The van der Waals surface area contributed by atoms with Gasteiger partial charge in [0.1, 0.15) is 6.04 Å². The lowest BCUT2D eigenvalue weighted by Gasteiger charge is -2.28. The van der Waals surface area contributed by atoms with Crippen LogP contribution in [-0.2, 0) is 14.3 Å². The quantitative estimate of drug-likeness (QED) is 0.571. The molecule has 170 valence electrons. The third-order valence-corrected chi connectivity index (χ3v) is 6.32. The molecule has 7 nitrogen and oxygen atoms in total. The molecule has 0 radical (unpaired) electrons. The van der Waals surface area contributed by atoms with E-state index in [9.17, 15) is 14.4 Å². The van der Waals surface area contributed by atoms with E-state index in [4.69, 9.17) is 0 Å². The Morgan fingerprint density at radius 1 is 1.12 bits per heavy atom. The van der Waals surface area contributed by atoms with Crippen molar-refractivity contribution in [1.82, 2.24) is 10.2 Å². The van der Waals surface area contributed by atoms with Crippen LogP contribution in [-0.4, -0.2) is 49.0 Å². The van der Waals surface area contributed by atoms with E-state index in [1.165, 1.54) is 11.0 Å². The summed E-state index contributed by atoms with van der Waals surface area (Å²) in [7, 11) is 1.30. The molecular weight excluding hydrogens is 474 g/mol. The lowest BCUT2D eigenvalue weighted by molar-refractivity contribution is -0.137. The van der Waals surface area contributed by atoms with Crippen LogP contribution in [0.2, 0.25) is 0 Å². The number of likely N-dealkylation sites (tertiary alicyclic amines) is 1. The van der Waals surface area contributed by atoms with Crippen molar-refractivity contribution in [2.75, 3.05) is 24.1 Å². The maximum atomic E-state index is 13.2. The number of anilines is 1. The first-order valence-electron chi connectivity index (χ1n) is 10.7. The van der Waals surface area contributed by atoms with E-state index < -0.39 is 12.1 Å². The van der Waals surface area contributed by atoms with Gasteiger partial charge < -0.3 is 15.0 Å². The highest BCUT2D eigenvalue weighted by molar-refractivity contribution is 9.10. The smallest absolute Gasteiger partial charge is 0.406 e. The van der Waals surface area contributed by atoms with E-state index in [1.807, 2.05) is 61.5 Å². The third-order valence-electron chi connectivity index (χ3n) is 5.56. The van der Waals surface area contributed by atoms with Crippen molar-refractivity contribution in [2.45, 2.75) is 32.2 Å². The van der Waals surface area contributed by atoms with Crippen LogP contribution >= 0.6 is 16.1 Å². The summed E-state index contributed by atoms with van der Waals surface area (Å²) >= 11 is 3.40. The van der Waals surface area contributed by atoms with Crippen LogP contribution in [0.1, 0.15) is 26.2 Å². The number of alkyl carbamates (subject to hydrolysis) is 1. The molecule has 1 N–H and O–H groups in total. The lowest BCUT2D eigenvalue weighted by atomic mass is 10.1. The Labute approximate surface area is 197 Å². The summed E-state index contributed by atoms with van der Waals surface area (Å²) in [5.41, 5.74) is 2.88. The Kier molecular flexibility index (Phi) is 8.27. The summed E-state index contributed by atoms with van der Waals surface area (Å²) in [6.07, 6.45) is 1.14. The Hall–Kier alpha value is -2.87. The number of hydrogen-bond acceptors (Lipinski definition) is 4. The zero-order valence-electron chi connectivity index (χ0n) is 18.3. The summed E-state index contributed by atoms with van der Waals surface area (Å²) in [5, 5.41) is 2.60. The molecule has 3 amide bonds. The molecule has 2 aromatic rings. The highest BCUT2D eigenvalue weighted by Gasteiger charge is 2.36. The number of carbonyl (C=O) groups excluding carboxylic acids is 3. The minimum atomic E-state index is -0.522. The SMILES string of the molecule is COC(=O)NCC(C)CC(=O)N1CCCC1C(=O)N(Br)c1ccc(-c2ccccc2)cc1. The number of carbonyl (C=O) groups is 3. The first kappa shape index (κ1) is 23.8. The van der Waals surface area contributed by atoms with Crippen LogP contribution < -0.4 is 9.24 Å². The molecule has 0 spiro atoms. The van der Waals surface area contributed by atoms with Crippen molar-refractivity contribution in [3.8, 4) is 11.1 Å². The number of methoxy groups -OCH3 is 1. The first-order valence-corrected chi connectivity index (χ1v) is 11.4. The van der Waals surface area contributed by atoms with E-state index >= 15 is 0 Å². The summed E-state index contributed by atoms with van der Waals surface area (Å²) in [5.74, 6) is -0.312. The molecule has 0 saturated carbocycles. The number of amides is 3. The number of benzene rings is 2. The number of rotatable bonds is 7. The highest BCUT2D eigenvalue weighted by Crippen LogP contribution is 2.28. The molecule has 8 heteroatoms. The van der Waals surface area contributed by atoms with Crippen molar-refractivity contribution < 1.29 is 19.1 Å². The van der Waals surface area contributed by atoms with Crippen molar-refractivity contribution in [2.24, 2.45) is 5.92 Å². The number of nitrogens with zero attached hydrogens (tertiary/aromatic N) is 2. The number of ether oxygens (including phenoxy) is 1. The molecule has 0 aliphatic carbocycles. The Morgan fingerprint density at radius 3 is 2.44 bits per heavy atom. The van der Waals surface area contributed by atoms with Gasteiger partial charge in [0.2, 0.25) is 5.91 Å². The van der Waals surface area contributed by atoms with Crippen molar-refractivity contribution in [3.05, 3.63) is 54.6 Å². The molecule has 0 bridgehead atoms. The van der Waals surface area contributed by atoms with Gasteiger partial charge in [0.25, 0.3) is 5.91 Å². The molecule has 2 aromatic carbocycles. The summed E-state index contributed by atoms with van der Waals surface area (Å²) in [4.78, 5) is 38.9. The van der Waals surface area contributed by atoms with E-state index in [1.54, 1.807) is 4.90 Å². The normalized spacial score (nSPS) is 16.3. The van der Waals surface area contributed by atoms with Gasteiger partial charge in [-0.1, -0.05) is 49.4 Å². The second-order valence-electron chi connectivity index (χ2n) is 7.96. The predicted molar refractivity (Wildman–Crippen MR) is 127 cm³/mol. The van der Waals surface area contributed by atoms with E-state index in [0.29, 0.717) is 25.2 Å². The van der Waals surface area contributed by atoms with Crippen LogP contribution in [0.4, 0.5) is 10.5 Å². The number of nitrogens with one attached hydrogen (secondary N) is 1. The highest BCUT2D eigenvalue weighted by atomic mass is 79.9. The van der Waals surface area contributed by atoms with E-state index in [2.05, 4.69) is 26.2 Å². The first-order chi connectivity index (χ1) is 15.4. The molecule has 0 aromatic heterocycles. The molecule has 3 rings (SSSR count). The van der Waals surface area contributed by atoms with Gasteiger partial charge in [-0.25, -0.2) is 8.72 Å². The van der Waals surface area contributed by atoms with Gasteiger partial charge in [-0.15, -0.1) is 0 Å². The molecular formula is C24H28BrN3O4. The zero-order chi connectivity index (χ0) is 23.1. The largest absolute Gasteiger partial charge is 0.453 e. The Bertz CT molecular complexity index is 936. The molecule has 1 fully saturated rings. The fraction of sp³-hybridized carbons (Fsp3) is 0.375. The van der Waals surface area contributed by atoms with Crippen LogP contribution in [0.15, 0.2) is 54.6 Å². The average molecular weight is 502 g/mol. The van der Waals surface area contributed by atoms with Crippen molar-refractivity contribution in [3.63, 3.8) is 0 Å². The van der Waals surface area contributed by atoms with Crippen LogP contribution in [0.5, 0.6) is 0 Å². The predicted octanol–water partition coefficient (Wildman–Crippen LogP) is 4.37. The van der Waals surface area contributed by atoms with E-state index in [0.717, 1.165) is 17.5 Å². The molecule has 32 heavy (non-hydrogen) atoms. The monoisotopic (exact) mass is 501 g/mol. The number of halogens is 1. The second-order valence-corrected chi connectivity index (χ2v) is 8.67. The third kappa shape index (κ3) is 5.88. The summed E-state index contributed by atoms with van der Waals surface area (Å²) in [6, 6.07) is 17.2. The standard InChI is InChI=1S/C24H28BrN3O4/c1-17(16-26-24(31)32-2)15-22(29)27-14-6-9-21(27)23(30)28(25)20-12-10-19(11-13-20)18-7-4-3-5-8-18/h3-5,7-8,10-13,17,21H,6,9,14-16H2,1-2H3,(H,26,31). The van der Waals surface area contributed by atoms with Gasteiger partial charge >= 0.3 is 6.09 Å². The molecule has 1 aliphatic rings. The van der Waals surface area contributed by atoms with Gasteiger partial charge in [0.15, 0.2) is 0 Å². The fourth-order valence-electron chi connectivity index (χ4n) is 3.81. The Balaban J connectivity index is 1.61. The number of hydrogen-bond donors (Lipinski definition) is 1. The lowest BCUT2D eigenvalue weighted by Crippen LogP contribution is -2.45. The minimum absolute atomic E-state index is 0.0662. The maximum Gasteiger partial charge on any atom is 0.406 e. The van der Waals surface area contributed by atoms with Crippen LogP contribution in [0.25, 0.3) is 11.1 Å². The van der Waals surface area contributed by atoms with Gasteiger partial charge in [-0.2, -0.15) is 0 Å². The Morgan fingerprint density at radius 2 is 1.78 bits per heavy atom. The molecule has 1 saturated heterocycles. The molecule has 1 aliphatic heterocycles. The maximum absolute atomic E-state index is 13.2. The second kappa shape index (κ2) is 11.1. The summed E-state index contributed by atoms with van der Waals surface area (Å²) in [6.45, 7) is 2.77. The molecule has 2 atom stereocenters. The van der Waals surface area contributed by atoms with Gasteiger partial charge in [-0.3, -0.25) is 9.59 Å². The van der Waals surface area contributed by atoms with Gasteiger partial charge in [-0.05, 0) is 42.0 Å². The molecule has 2 unspecified atom stereocenters. The minimum Gasteiger partial charge on any atom is -0.453 e. The van der Waals surface area contributed by atoms with Crippen LogP contribution in [0, 0.1) is 5.92 Å². The average Bonchev–Trinajstić information content (AvgIpc) is 3.32.